The zero-order valence-electron chi connectivity index (χ0n) is 9.85. The average Bonchev–Trinajstić information content (AvgIpc) is 2.34. The van der Waals surface area contributed by atoms with Crippen molar-refractivity contribution in [3.05, 3.63) is 0 Å². The maximum Gasteiger partial charge on any atom is 0.407 e. The highest BCUT2D eigenvalue weighted by atomic mass is 16.5. The first-order chi connectivity index (χ1) is 8.51. The number of ether oxygens (including phenoxy) is 1. The fourth-order valence-corrected chi connectivity index (χ4v) is 0.926. The number of hydrogen-bond donors (Lipinski definition) is 5. The van der Waals surface area contributed by atoms with Crippen LogP contribution < -0.4 is 22.1 Å². The predicted molar refractivity (Wildman–Crippen MR) is 61.6 cm³/mol. The molecule has 0 aromatic carbocycles. The van der Waals surface area contributed by atoms with Crippen molar-refractivity contribution in [2.24, 2.45) is 17.4 Å². The van der Waals surface area contributed by atoms with Crippen LogP contribution in [0.2, 0.25) is 0 Å². The fraction of sp³-hybridized carbons (Fsp3) is 0.667. The summed E-state index contributed by atoms with van der Waals surface area (Å²) in [6.07, 6.45) is -0.760. The van der Waals surface area contributed by atoms with Gasteiger partial charge in [-0.15, -0.1) is 0 Å². The smallest absolute Gasteiger partial charge is 0.407 e. The van der Waals surface area contributed by atoms with Gasteiger partial charge in [-0.2, -0.15) is 0 Å². The standard InChI is InChI=1S/C9H18N4O5/c10-1-2-18-9(17)13-5-7(14)12-4-6(3-11)8(15)16/h6H,1-5,10-11H2,(H,12,14)(H,13,17)(H,15,16)/t6-/m0/s1. The number of nitrogens with two attached hydrogens (primary N) is 2. The Morgan fingerprint density at radius 1 is 1.22 bits per heavy atom. The lowest BCUT2D eigenvalue weighted by Crippen LogP contribution is -2.42. The molecule has 9 heteroatoms. The van der Waals surface area contributed by atoms with Crippen LogP contribution in [-0.4, -0.2) is 55.9 Å². The number of carbonyl (C=O) groups is 3. The van der Waals surface area contributed by atoms with Crippen LogP contribution in [0.25, 0.3) is 0 Å². The van der Waals surface area contributed by atoms with Gasteiger partial charge in [0.2, 0.25) is 5.91 Å². The molecule has 0 aliphatic rings. The largest absolute Gasteiger partial charge is 0.481 e. The summed E-state index contributed by atoms with van der Waals surface area (Å²) in [5.41, 5.74) is 10.3. The van der Waals surface area contributed by atoms with E-state index in [-0.39, 0.29) is 32.8 Å². The van der Waals surface area contributed by atoms with E-state index in [1.54, 1.807) is 0 Å². The van der Waals surface area contributed by atoms with E-state index in [0.29, 0.717) is 0 Å². The monoisotopic (exact) mass is 262 g/mol. The molecule has 0 rings (SSSR count). The van der Waals surface area contributed by atoms with Crippen molar-refractivity contribution in [1.82, 2.24) is 10.6 Å². The van der Waals surface area contributed by atoms with Crippen LogP contribution in [0.3, 0.4) is 0 Å². The van der Waals surface area contributed by atoms with Crippen molar-refractivity contribution in [2.75, 3.05) is 32.8 Å². The molecule has 1 atom stereocenters. The Morgan fingerprint density at radius 3 is 2.39 bits per heavy atom. The lowest BCUT2D eigenvalue weighted by Gasteiger charge is -2.11. The third-order valence-electron chi connectivity index (χ3n) is 1.92. The van der Waals surface area contributed by atoms with Crippen LogP contribution >= 0.6 is 0 Å². The molecule has 0 aromatic heterocycles. The Labute approximate surface area is 104 Å². The van der Waals surface area contributed by atoms with Gasteiger partial charge < -0.3 is 31.9 Å². The summed E-state index contributed by atoms with van der Waals surface area (Å²) in [6, 6.07) is 0. The SMILES string of the molecule is NCCOC(=O)NCC(=O)NC[C@H](CN)C(=O)O. The Morgan fingerprint density at radius 2 is 1.89 bits per heavy atom. The van der Waals surface area contributed by atoms with Crippen LogP contribution in [0.4, 0.5) is 4.79 Å². The first kappa shape index (κ1) is 16.1. The fourth-order valence-electron chi connectivity index (χ4n) is 0.926. The maximum atomic E-state index is 11.2. The Kier molecular flexibility index (Phi) is 8.24. The minimum atomic E-state index is -1.09. The minimum absolute atomic E-state index is 0.0573. The lowest BCUT2D eigenvalue weighted by atomic mass is 10.1. The molecule has 18 heavy (non-hydrogen) atoms. The number of nitrogens with one attached hydrogen (secondary N) is 2. The highest BCUT2D eigenvalue weighted by molar-refractivity contribution is 5.82. The number of carbonyl (C=O) groups excluding carboxylic acids is 2. The van der Waals surface area contributed by atoms with Crippen LogP contribution in [0.5, 0.6) is 0 Å². The number of amides is 2. The number of rotatable bonds is 8. The van der Waals surface area contributed by atoms with Crippen LogP contribution in [0.1, 0.15) is 0 Å². The van der Waals surface area contributed by atoms with Crippen molar-refractivity contribution in [3.8, 4) is 0 Å². The summed E-state index contributed by atoms with van der Waals surface area (Å²) in [5, 5.41) is 13.2. The first-order valence-corrected chi connectivity index (χ1v) is 5.31. The minimum Gasteiger partial charge on any atom is -0.481 e. The summed E-state index contributed by atoms with van der Waals surface area (Å²) in [6.45, 7) is -0.232. The third-order valence-corrected chi connectivity index (χ3v) is 1.92. The summed E-state index contributed by atoms with van der Waals surface area (Å²) >= 11 is 0. The number of carboxylic acids is 1. The predicted octanol–water partition coefficient (Wildman–Crippen LogP) is -2.55. The molecule has 0 radical (unpaired) electrons. The van der Waals surface area contributed by atoms with E-state index >= 15 is 0 Å². The zero-order chi connectivity index (χ0) is 14.0. The maximum absolute atomic E-state index is 11.2. The molecule has 9 nitrogen and oxygen atoms in total. The lowest BCUT2D eigenvalue weighted by molar-refractivity contribution is -0.141. The van der Waals surface area contributed by atoms with Gasteiger partial charge in [0.15, 0.2) is 0 Å². The third kappa shape index (κ3) is 7.41. The molecule has 0 saturated carbocycles. The molecule has 0 spiro atoms. The van der Waals surface area contributed by atoms with Gasteiger partial charge in [0, 0.05) is 19.6 Å². The molecule has 0 fully saturated rings. The molecule has 104 valence electrons. The summed E-state index contributed by atoms with van der Waals surface area (Å²) in [4.78, 5) is 32.7. The van der Waals surface area contributed by atoms with Gasteiger partial charge >= 0.3 is 12.1 Å². The van der Waals surface area contributed by atoms with Crippen LogP contribution in [-0.2, 0) is 14.3 Å². The topological polar surface area (TPSA) is 157 Å². The molecule has 0 heterocycles. The van der Waals surface area contributed by atoms with Gasteiger partial charge in [0.05, 0.1) is 12.5 Å². The molecule has 0 aromatic rings. The summed E-state index contributed by atoms with van der Waals surface area (Å²) in [7, 11) is 0. The Hall–Kier alpha value is -1.87. The number of hydrogen-bond acceptors (Lipinski definition) is 6. The van der Waals surface area contributed by atoms with E-state index < -0.39 is 23.9 Å². The van der Waals surface area contributed by atoms with Crippen LogP contribution in [0.15, 0.2) is 0 Å². The highest BCUT2D eigenvalue weighted by Gasteiger charge is 2.16. The summed E-state index contributed by atoms with van der Waals surface area (Å²) in [5.74, 6) is -2.47. The molecule has 0 aliphatic heterocycles. The van der Waals surface area contributed by atoms with Gasteiger partial charge in [-0.3, -0.25) is 9.59 Å². The normalized spacial score (nSPS) is 11.4. The van der Waals surface area contributed by atoms with Crippen molar-refractivity contribution < 1.29 is 24.2 Å². The van der Waals surface area contributed by atoms with Crippen molar-refractivity contribution in [1.29, 1.82) is 0 Å². The molecular formula is C9H18N4O5. The second kappa shape index (κ2) is 9.19. The second-order valence-corrected chi connectivity index (χ2v) is 3.35. The molecule has 0 unspecified atom stereocenters. The highest BCUT2D eigenvalue weighted by Crippen LogP contribution is 1.90. The molecule has 0 aliphatic carbocycles. The van der Waals surface area contributed by atoms with E-state index in [4.69, 9.17) is 16.6 Å². The number of carboxylic acid groups (broad SMARTS) is 1. The Bertz CT molecular complexity index is 297. The van der Waals surface area contributed by atoms with Gasteiger partial charge in [-0.05, 0) is 0 Å². The second-order valence-electron chi connectivity index (χ2n) is 3.35. The molecule has 2 amide bonds. The quantitative estimate of drug-likeness (QED) is 0.322. The van der Waals surface area contributed by atoms with Crippen LogP contribution in [0, 0.1) is 5.92 Å². The molecule has 0 saturated heterocycles. The van der Waals surface area contributed by atoms with Crippen molar-refractivity contribution in [3.63, 3.8) is 0 Å². The van der Waals surface area contributed by atoms with E-state index in [2.05, 4.69) is 15.4 Å². The van der Waals surface area contributed by atoms with Gasteiger partial charge in [0.1, 0.15) is 6.61 Å². The van der Waals surface area contributed by atoms with E-state index in [9.17, 15) is 14.4 Å². The molecule has 0 bridgehead atoms. The number of alkyl carbamates (subject to hydrolysis) is 1. The summed E-state index contributed by atoms with van der Waals surface area (Å²) < 4.78 is 4.56. The average molecular weight is 262 g/mol. The molecular weight excluding hydrogens is 244 g/mol. The molecule has 7 N–H and O–H groups in total. The van der Waals surface area contributed by atoms with Gasteiger partial charge in [0.25, 0.3) is 0 Å². The van der Waals surface area contributed by atoms with Crippen molar-refractivity contribution >= 4 is 18.0 Å². The van der Waals surface area contributed by atoms with Gasteiger partial charge in [-0.25, -0.2) is 4.79 Å². The first-order valence-electron chi connectivity index (χ1n) is 5.31. The van der Waals surface area contributed by atoms with Gasteiger partial charge in [-0.1, -0.05) is 0 Å². The van der Waals surface area contributed by atoms with E-state index in [0.717, 1.165) is 0 Å². The van der Waals surface area contributed by atoms with E-state index in [1.165, 1.54) is 0 Å². The van der Waals surface area contributed by atoms with E-state index in [1.807, 2.05) is 0 Å². The zero-order valence-corrected chi connectivity index (χ0v) is 9.85. The Balaban J connectivity index is 3.77. The number of aliphatic carboxylic acids is 1. The van der Waals surface area contributed by atoms with Crippen molar-refractivity contribution in [2.45, 2.75) is 0 Å².